The zero-order valence-corrected chi connectivity index (χ0v) is 8.92. The Kier molecular flexibility index (Phi) is 4.05. The summed E-state index contributed by atoms with van der Waals surface area (Å²) < 4.78 is 17.7. The first-order valence-electron chi connectivity index (χ1n) is 4.32. The molecule has 0 aromatic heterocycles. The number of esters is 1. The Bertz CT molecular complexity index is 370. The Morgan fingerprint density at radius 3 is 2.93 bits per heavy atom. The summed E-state index contributed by atoms with van der Waals surface area (Å²) in [5.74, 6) is -1.01. The first-order valence-corrected chi connectivity index (χ1v) is 4.69. The first-order chi connectivity index (χ1) is 7.04. The number of carbonyl (C=O) groups excluding carboxylic acids is 1. The minimum atomic E-state index is -0.872. The average molecular weight is 232 g/mol. The molecule has 0 spiro atoms. The van der Waals surface area contributed by atoms with Crippen LogP contribution in [0.5, 0.6) is 0 Å². The zero-order valence-electron chi connectivity index (χ0n) is 8.17. The van der Waals surface area contributed by atoms with Crippen LogP contribution in [-0.4, -0.2) is 19.1 Å². The van der Waals surface area contributed by atoms with Crippen LogP contribution in [-0.2, 0) is 16.0 Å². The molecule has 1 aromatic carbocycles. The highest BCUT2D eigenvalue weighted by Gasteiger charge is 2.16. The van der Waals surface area contributed by atoms with Crippen molar-refractivity contribution in [2.24, 2.45) is 5.73 Å². The standard InChI is InChI=1S/C10H11ClFNO2/c1-15-10(14)9(13)5-6-4-7(11)2-3-8(6)12/h2-4,9H,5,13H2,1H3/t9-/m1/s1. The number of hydrogen-bond donors (Lipinski definition) is 1. The van der Waals surface area contributed by atoms with Crippen LogP contribution in [0.15, 0.2) is 18.2 Å². The van der Waals surface area contributed by atoms with E-state index in [1.54, 1.807) is 0 Å². The smallest absolute Gasteiger partial charge is 0.322 e. The van der Waals surface area contributed by atoms with Gasteiger partial charge in [-0.15, -0.1) is 0 Å². The van der Waals surface area contributed by atoms with E-state index in [0.717, 1.165) is 0 Å². The second-order valence-corrected chi connectivity index (χ2v) is 3.51. The fourth-order valence-corrected chi connectivity index (χ4v) is 1.37. The minimum absolute atomic E-state index is 0.0685. The number of hydrogen-bond acceptors (Lipinski definition) is 3. The highest BCUT2D eigenvalue weighted by molar-refractivity contribution is 6.30. The molecule has 1 atom stereocenters. The van der Waals surface area contributed by atoms with Crippen LogP contribution in [0.1, 0.15) is 5.56 Å². The van der Waals surface area contributed by atoms with E-state index in [9.17, 15) is 9.18 Å². The molecule has 0 fully saturated rings. The highest BCUT2D eigenvalue weighted by Crippen LogP contribution is 2.16. The molecule has 3 nitrogen and oxygen atoms in total. The van der Waals surface area contributed by atoms with Crippen molar-refractivity contribution >= 4 is 17.6 Å². The van der Waals surface area contributed by atoms with E-state index in [-0.39, 0.29) is 6.42 Å². The van der Waals surface area contributed by atoms with E-state index in [1.165, 1.54) is 25.3 Å². The third kappa shape index (κ3) is 3.18. The molecule has 0 aliphatic rings. The molecule has 15 heavy (non-hydrogen) atoms. The molecule has 0 amide bonds. The molecule has 0 saturated heterocycles. The average Bonchev–Trinajstić information content (AvgIpc) is 2.22. The number of nitrogens with two attached hydrogens (primary N) is 1. The van der Waals surface area contributed by atoms with Crippen LogP contribution >= 0.6 is 11.6 Å². The molecule has 0 aliphatic heterocycles. The molecule has 1 rings (SSSR count). The number of ether oxygens (including phenoxy) is 1. The third-order valence-electron chi connectivity index (χ3n) is 1.95. The van der Waals surface area contributed by atoms with Gasteiger partial charge in [0.25, 0.3) is 0 Å². The number of carbonyl (C=O) groups is 1. The Morgan fingerprint density at radius 1 is 1.67 bits per heavy atom. The van der Waals surface area contributed by atoms with E-state index in [4.69, 9.17) is 17.3 Å². The molecule has 0 heterocycles. The Labute approximate surface area is 92.0 Å². The van der Waals surface area contributed by atoms with Crippen molar-refractivity contribution in [1.82, 2.24) is 0 Å². The van der Waals surface area contributed by atoms with Crippen LogP contribution in [0.4, 0.5) is 4.39 Å². The van der Waals surface area contributed by atoms with Gasteiger partial charge in [-0.1, -0.05) is 11.6 Å². The number of rotatable bonds is 3. The summed E-state index contributed by atoms with van der Waals surface area (Å²) in [5, 5.41) is 0.406. The van der Waals surface area contributed by atoms with Gasteiger partial charge < -0.3 is 10.5 Å². The van der Waals surface area contributed by atoms with E-state index < -0.39 is 17.8 Å². The molecule has 0 saturated carbocycles. The lowest BCUT2D eigenvalue weighted by Gasteiger charge is -2.09. The largest absolute Gasteiger partial charge is 0.468 e. The van der Waals surface area contributed by atoms with Crippen molar-refractivity contribution < 1.29 is 13.9 Å². The molecule has 1 aromatic rings. The van der Waals surface area contributed by atoms with Gasteiger partial charge in [0.2, 0.25) is 0 Å². The summed E-state index contributed by atoms with van der Waals surface area (Å²) in [6, 6.07) is 3.24. The quantitative estimate of drug-likeness (QED) is 0.803. The maximum atomic E-state index is 13.2. The van der Waals surface area contributed by atoms with Crippen LogP contribution in [0.2, 0.25) is 5.02 Å². The first kappa shape index (κ1) is 11.9. The number of methoxy groups -OCH3 is 1. The van der Waals surface area contributed by atoms with E-state index >= 15 is 0 Å². The zero-order chi connectivity index (χ0) is 11.4. The molecule has 0 unspecified atom stereocenters. The summed E-state index contributed by atoms with van der Waals surface area (Å²) in [4.78, 5) is 11.0. The summed E-state index contributed by atoms with van der Waals surface area (Å²) in [6.45, 7) is 0. The molecule has 2 N–H and O–H groups in total. The topological polar surface area (TPSA) is 52.3 Å². The number of halogens is 2. The predicted molar refractivity (Wildman–Crippen MR) is 55.1 cm³/mol. The molecule has 0 radical (unpaired) electrons. The fourth-order valence-electron chi connectivity index (χ4n) is 1.17. The molecule has 0 aliphatic carbocycles. The lowest BCUT2D eigenvalue weighted by atomic mass is 10.1. The van der Waals surface area contributed by atoms with Crippen molar-refractivity contribution in [3.05, 3.63) is 34.6 Å². The van der Waals surface area contributed by atoms with Crippen LogP contribution < -0.4 is 5.73 Å². The fraction of sp³-hybridized carbons (Fsp3) is 0.300. The maximum Gasteiger partial charge on any atom is 0.322 e. The van der Waals surface area contributed by atoms with Crippen LogP contribution in [0.3, 0.4) is 0 Å². The SMILES string of the molecule is COC(=O)[C@H](N)Cc1cc(Cl)ccc1F. The Hall–Kier alpha value is -1.13. The summed E-state index contributed by atoms with van der Waals surface area (Å²) in [7, 11) is 1.23. The van der Waals surface area contributed by atoms with Gasteiger partial charge in [-0.25, -0.2) is 4.39 Å². The monoisotopic (exact) mass is 231 g/mol. The second-order valence-electron chi connectivity index (χ2n) is 3.07. The minimum Gasteiger partial charge on any atom is -0.468 e. The van der Waals surface area contributed by atoms with Gasteiger partial charge in [0.15, 0.2) is 0 Å². The Morgan fingerprint density at radius 2 is 2.33 bits per heavy atom. The van der Waals surface area contributed by atoms with Crippen molar-refractivity contribution in [3.8, 4) is 0 Å². The lowest BCUT2D eigenvalue weighted by Crippen LogP contribution is -2.33. The van der Waals surface area contributed by atoms with Crippen LogP contribution in [0, 0.1) is 5.82 Å². The van der Waals surface area contributed by atoms with E-state index in [2.05, 4.69) is 4.74 Å². The van der Waals surface area contributed by atoms with Gasteiger partial charge in [0.05, 0.1) is 7.11 Å². The van der Waals surface area contributed by atoms with Crippen molar-refractivity contribution in [2.45, 2.75) is 12.5 Å². The normalized spacial score (nSPS) is 12.3. The van der Waals surface area contributed by atoms with Gasteiger partial charge >= 0.3 is 5.97 Å². The number of benzene rings is 1. The molecule has 5 heteroatoms. The molecular formula is C10H11ClFNO2. The Balaban J connectivity index is 2.80. The van der Waals surface area contributed by atoms with E-state index in [0.29, 0.717) is 10.6 Å². The van der Waals surface area contributed by atoms with Crippen molar-refractivity contribution in [2.75, 3.05) is 7.11 Å². The van der Waals surface area contributed by atoms with Gasteiger partial charge in [0.1, 0.15) is 11.9 Å². The molecular weight excluding hydrogens is 221 g/mol. The van der Waals surface area contributed by atoms with E-state index in [1.807, 2.05) is 0 Å². The van der Waals surface area contributed by atoms with Gasteiger partial charge in [0, 0.05) is 11.4 Å². The highest BCUT2D eigenvalue weighted by atomic mass is 35.5. The van der Waals surface area contributed by atoms with Gasteiger partial charge in [-0.3, -0.25) is 4.79 Å². The summed E-state index contributed by atoms with van der Waals surface area (Å²) in [6.07, 6.45) is 0.0685. The third-order valence-corrected chi connectivity index (χ3v) is 2.19. The van der Waals surface area contributed by atoms with Crippen molar-refractivity contribution in [1.29, 1.82) is 0 Å². The van der Waals surface area contributed by atoms with Crippen molar-refractivity contribution in [3.63, 3.8) is 0 Å². The predicted octanol–water partition coefficient (Wildman–Crippen LogP) is 1.52. The maximum absolute atomic E-state index is 13.2. The molecule has 0 bridgehead atoms. The second kappa shape index (κ2) is 5.09. The summed E-state index contributed by atoms with van der Waals surface area (Å²) >= 11 is 5.69. The summed E-state index contributed by atoms with van der Waals surface area (Å²) in [5.41, 5.74) is 5.80. The molecule has 82 valence electrons. The lowest BCUT2D eigenvalue weighted by molar-refractivity contribution is -0.142. The van der Waals surface area contributed by atoms with Crippen LogP contribution in [0.25, 0.3) is 0 Å². The van der Waals surface area contributed by atoms with Gasteiger partial charge in [-0.05, 0) is 23.8 Å². The van der Waals surface area contributed by atoms with Gasteiger partial charge in [-0.2, -0.15) is 0 Å².